The van der Waals surface area contributed by atoms with Crippen molar-refractivity contribution in [3.05, 3.63) is 32.7 Å². The number of aliphatic carboxylic acids is 1. The number of hydrogen-bond acceptors (Lipinski definition) is 3. The fourth-order valence-electron chi connectivity index (χ4n) is 1.45. The Bertz CT molecular complexity index is 479. The Kier molecular flexibility index (Phi) is 6.47. The molecule has 0 aliphatic rings. The van der Waals surface area contributed by atoms with Gasteiger partial charge in [0.05, 0.1) is 12.2 Å². The number of ether oxygens (including phenoxy) is 1. The summed E-state index contributed by atoms with van der Waals surface area (Å²) in [5.74, 6) is -1.41. The fraction of sp³-hybridized carbons (Fsp3) is 0.333. The summed E-state index contributed by atoms with van der Waals surface area (Å²) in [5.41, 5.74) is 0.417. The van der Waals surface area contributed by atoms with E-state index in [9.17, 15) is 9.59 Å². The summed E-state index contributed by atoms with van der Waals surface area (Å²) in [6.07, 6.45) is 0. The number of amides is 1. The first-order valence-electron chi connectivity index (χ1n) is 5.40. The molecule has 7 heteroatoms. The second-order valence-electron chi connectivity index (χ2n) is 3.74. The first kappa shape index (κ1) is 16.1. The van der Waals surface area contributed by atoms with Crippen LogP contribution in [0.4, 0.5) is 0 Å². The molecule has 0 saturated carbocycles. The number of carboxylic acid groups (broad SMARTS) is 1. The molecule has 0 atom stereocenters. The predicted molar refractivity (Wildman–Crippen MR) is 77.3 cm³/mol. The van der Waals surface area contributed by atoms with Gasteiger partial charge in [0.25, 0.3) is 5.91 Å². The van der Waals surface area contributed by atoms with Crippen LogP contribution in [0.5, 0.6) is 0 Å². The Hall–Kier alpha value is -0.920. The lowest BCUT2D eigenvalue weighted by Crippen LogP contribution is -2.38. The predicted octanol–water partition coefficient (Wildman–Crippen LogP) is 2.38. The molecule has 5 nitrogen and oxygen atoms in total. The van der Waals surface area contributed by atoms with Crippen molar-refractivity contribution in [2.45, 2.75) is 0 Å². The average Bonchev–Trinajstić information content (AvgIpc) is 2.33. The third-order valence-corrected chi connectivity index (χ3v) is 3.49. The summed E-state index contributed by atoms with van der Waals surface area (Å²) in [7, 11) is 1.50. The van der Waals surface area contributed by atoms with Crippen molar-refractivity contribution in [2.24, 2.45) is 0 Å². The first-order valence-corrected chi connectivity index (χ1v) is 6.99. The molecule has 0 spiro atoms. The zero-order valence-corrected chi connectivity index (χ0v) is 13.4. The van der Waals surface area contributed by atoms with Gasteiger partial charge in [-0.05, 0) is 34.1 Å². The quantitative estimate of drug-likeness (QED) is 0.804. The zero-order valence-electron chi connectivity index (χ0n) is 10.2. The summed E-state index contributed by atoms with van der Waals surface area (Å²) in [5, 5.41) is 8.84. The number of methoxy groups -OCH3 is 1. The van der Waals surface area contributed by atoms with Crippen molar-refractivity contribution in [2.75, 3.05) is 26.8 Å². The number of nitrogens with zero attached hydrogens (tertiary/aromatic N) is 1. The van der Waals surface area contributed by atoms with Gasteiger partial charge in [-0.15, -0.1) is 0 Å². The zero-order chi connectivity index (χ0) is 14.4. The summed E-state index contributed by atoms with van der Waals surface area (Å²) in [6.45, 7) is 0.155. The van der Waals surface area contributed by atoms with Gasteiger partial charge in [0.2, 0.25) is 0 Å². The number of benzene rings is 1. The van der Waals surface area contributed by atoms with E-state index in [1.54, 1.807) is 18.2 Å². The third-order valence-electron chi connectivity index (χ3n) is 2.34. The van der Waals surface area contributed by atoms with Crippen LogP contribution in [0.15, 0.2) is 27.1 Å². The Morgan fingerprint density at radius 3 is 2.58 bits per heavy atom. The van der Waals surface area contributed by atoms with Crippen molar-refractivity contribution in [3.63, 3.8) is 0 Å². The maximum atomic E-state index is 12.3. The normalized spacial score (nSPS) is 10.3. The van der Waals surface area contributed by atoms with Crippen LogP contribution in [0.3, 0.4) is 0 Å². The van der Waals surface area contributed by atoms with Crippen molar-refractivity contribution >= 4 is 43.7 Å². The largest absolute Gasteiger partial charge is 0.480 e. The van der Waals surface area contributed by atoms with Crippen LogP contribution in [0.25, 0.3) is 0 Å². The van der Waals surface area contributed by atoms with Gasteiger partial charge in [-0.25, -0.2) is 0 Å². The molecule has 1 aromatic rings. The van der Waals surface area contributed by atoms with E-state index in [0.717, 1.165) is 4.47 Å². The lowest BCUT2D eigenvalue weighted by Gasteiger charge is -2.21. The monoisotopic (exact) mass is 393 g/mol. The Morgan fingerprint density at radius 1 is 1.37 bits per heavy atom. The summed E-state index contributed by atoms with van der Waals surface area (Å²) in [4.78, 5) is 24.3. The smallest absolute Gasteiger partial charge is 0.323 e. The molecule has 0 unspecified atom stereocenters. The van der Waals surface area contributed by atoms with Gasteiger partial charge in [-0.1, -0.05) is 15.9 Å². The van der Waals surface area contributed by atoms with Crippen LogP contribution in [0, 0.1) is 0 Å². The van der Waals surface area contributed by atoms with Crippen LogP contribution in [0.2, 0.25) is 0 Å². The average molecular weight is 395 g/mol. The SMILES string of the molecule is COCCN(CC(=O)O)C(=O)c1ccc(Br)cc1Br. The second kappa shape index (κ2) is 7.62. The van der Waals surface area contributed by atoms with E-state index in [1.165, 1.54) is 12.0 Å². The molecule has 0 saturated heterocycles. The number of halogens is 2. The summed E-state index contributed by atoms with van der Waals surface area (Å²) < 4.78 is 6.33. The minimum atomic E-state index is -1.06. The Balaban J connectivity index is 2.93. The minimum absolute atomic E-state index is 0.226. The van der Waals surface area contributed by atoms with Crippen LogP contribution in [-0.2, 0) is 9.53 Å². The molecule has 19 heavy (non-hydrogen) atoms. The maximum Gasteiger partial charge on any atom is 0.323 e. The highest BCUT2D eigenvalue weighted by atomic mass is 79.9. The number of rotatable bonds is 6. The molecule has 0 bridgehead atoms. The van der Waals surface area contributed by atoms with Gasteiger partial charge >= 0.3 is 5.97 Å². The van der Waals surface area contributed by atoms with Gasteiger partial charge in [-0.2, -0.15) is 0 Å². The van der Waals surface area contributed by atoms with E-state index in [1.807, 2.05) is 0 Å². The van der Waals surface area contributed by atoms with E-state index >= 15 is 0 Å². The van der Waals surface area contributed by atoms with Crippen molar-refractivity contribution in [3.8, 4) is 0 Å². The highest BCUT2D eigenvalue weighted by Crippen LogP contribution is 2.23. The maximum absolute atomic E-state index is 12.3. The minimum Gasteiger partial charge on any atom is -0.480 e. The summed E-state index contributed by atoms with van der Waals surface area (Å²) in [6, 6.07) is 5.11. The molecular weight excluding hydrogens is 382 g/mol. The molecule has 0 aromatic heterocycles. The van der Waals surface area contributed by atoms with E-state index in [0.29, 0.717) is 10.0 Å². The molecule has 0 aliphatic heterocycles. The molecule has 1 N–H and O–H groups in total. The Labute approximate surface area is 127 Å². The topological polar surface area (TPSA) is 66.8 Å². The second-order valence-corrected chi connectivity index (χ2v) is 5.51. The van der Waals surface area contributed by atoms with Gasteiger partial charge in [0, 0.05) is 22.6 Å². The van der Waals surface area contributed by atoms with E-state index in [-0.39, 0.29) is 25.6 Å². The van der Waals surface area contributed by atoms with Gasteiger partial charge in [-0.3, -0.25) is 9.59 Å². The number of carbonyl (C=O) groups excluding carboxylic acids is 1. The molecule has 0 aliphatic carbocycles. The highest BCUT2D eigenvalue weighted by molar-refractivity contribution is 9.11. The third kappa shape index (κ3) is 4.93. The Morgan fingerprint density at radius 2 is 2.05 bits per heavy atom. The number of carboxylic acids is 1. The highest BCUT2D eigenvalue weighted by Gasteiger charge is 2.20. The summed E-state index contributed by atoms with van der Waals surface area (Å²) >= 11 is 6.59. The van der Waals surface area contributed by atoms with Crippen molar-refractivity contribution in [1.82, 2.24) is 4.90 Å². The fourth-order valence-corrected chi connectivity index (χ4v) is 2.67. The van der Waals surface area contributed by atoms with Crippen LogP contribution >= 0.6 is 31.9 Å². The van der Waals surface area contributed by atoms with Gasteiger partial charge in [0.1, 0.15) is 6.54 Å². The lowest BCUT2D eigenvalue weighted by atomic mass is 10.2. The van der Waals surface area contributed by atoms with E-state index in [2.05, 4.69) is 31.9 Å². The molecule has 1 amide bonds. The van der Waals surface area contributed by atoms with E-state index < -0.39 is 5.97 Å². The standard InChI is InChI=1S/C12H13Br2NO4/c1-19-5-4-15(7-11(16)17)12(18)9-3-2-8(13)6-10(9)14/h2-3,6H,4-5,7H2,1H3,(H,16,17). The molecular formula is C12H13Br2NO4. The van der Waals surface area contributed by atoms with Gasteiger partial charge in [0.15, 0.2) is 0 Å². The van der Waals surface area contributed by atoms with Gasteiger partial charge < -0.3 is 14.7 Å². The van der Waals surface area contributed by atoms with Crippen LogP contribution in [-0.4, -0.2) is 48.7 Å². The first-order chi connectivity index (χ1) is 8.95. The molecule has 0 heterocycles. The van der Waals surface area contributed by atoms with Crippen molar-refractivity contribution < 1.29 is 19.4 Å². The number of hydrogen-bond donors (Lipinski definition) is 1. The molecule has 1 aromatic carbocycles. The van der Waals surface area contributed by atoms with Crippen molar-refractivity contribution in [1.29, 1.82) is 0 Å². The van der Waals surface area contributed by atoms with Crippen LogP contribution < -0.4 is 0 Å². The number of carbonyl (C=O) groups is 2. The lowest BCUT2D eigenvalue weighted by molar-refractivity contribution is -0.137. The molecule has 0 fully saturated rings. The molecule has 0 radical (unpaired) electrons. The van der Waals surface area contributed by atoms with Crippen LogP contribution in [0.1, 0.15) is 10.4 Å². The molecule has 104 valence electrons. The van der Waals surface area contributed by atoms with E-state index in [4.69, 9.17) is 9.84 Å². The molecule has 1 rings (SSSR count).